The molecule has 1 heterocycles. The Morgan fingerprint density at radius 2 is 1.88 bits per heavy atom. The fraction of sp³-hybridized carbons (Fsp3) is 0.526. The van der Waals surface area contributed by atoms with Gasteiger partial charge in [-0.3, -0.25) is 9.59 Å². The first-order chi connectivity index (χ1) is 12.4. The molecule has 0 saturated heterocycles. The fourth-order valence-corrected chi connectivity index (χ4v) is 4.84. The molecule has 140 valence electrons. The van der Waals surface area contributed by atoms with Crippen LogP contribution in [0.2, 0.25) is 0 Å². The largest absolute Gasteiger partial charge is 0.481 e. The average Bonchev–Trinajstić information content (AvgIpc) is 3.14. The number of rotatable bonds is 5. The quantitative estimate of drug-likeness (QED) is 0.606. The number of aryl methyl sites for hydroxylation is 1. The molecule has 0 bridgehead atoms. The first kappa shape index (κ1) is 18.6. The van der Waals surface area contributed by atoms with Gasteiger partial charge in [0.25, 0.3) is 0 Å². The number of hydrogen-bond donors (Lipinski definition) is 2. The lowest BCUT2D eigenvalue weighted by Crippen LogP contribution is -2.34. The number of amides is 1. The molecular formula is C19H23NO5S. The monoisotopic (exact) mass is 377 g/mol. The van der Waals surface area contributed by atoms with E-state index < -0.39 is 23.8 Å². The molecule has 2 N–H and O–H groups in total. The van der Waals surface area contributed by atoms with E-state index in [0.29, 0.717) is 23.4 Å². The molecule has 2 aliphatic carbocycles. The summed E-state index contributed by atoms with van der Waals surface area (Å²) in [7, 11) is 0. The fourth-order valence-electron chi connectivity index (χ4n) is 3.56. The van der Waals surface area contributed by atoms with Crippen LogP contribution >= 0.6 is 11.3 Å². The molecule has 1 aromatic rings. The topological polar surface area (TPSA) is 92.7 Å². The Morgan fingerprint density at radius 1 is 1.19 bits per heavy atom. The molecule has 3 rings (SSSR count). The second-order valence-corrected chi connectivity index (χ2v) is 8.10. The van der Waals surface area contributed by atoms with Crippen molar-refractivity contribution < 1.29 is 24.2 Å². The standard InChI is InChI=1S/C19H23NO5S/c1-10(2)25-19(24)15-13-8-5-9-14(13)26-17(15)20-16(21)11-6-3-4-7-12(11)18(22)23/h3-4,10-12H,5-9H2,1-2H3,(H,20,21)(H,22,23)/t11-,12+/m1/s1. The van der Waals surface area contributed by atoms with Gasteiger partial charge in [0.05, 0.1) is 23.5 Å². The predicted octanol–water partition coefficient (Wildman–Crippen LogP) is 3.41. The van der Waals surface area contributed by atoms with Crippen LogP contribution in [-0.4, -0.2) is 29.1 Å². The molecule has 0 aromatic carbocycles. The number of allylic oxidation sites excluding steroid dienone is 2. The van der Waals surface area contributed by atoms with Crippen LogP contribution in [0.3, 0.4) is 0 Å². The Hall–Kier alpha value is -2.15. The second-order valence-electron chi connectivity index (χ2n) is 7.00. The van der Waals surface area contributed by atoms with Crippen LogP contribution < -0.4 is 5.32 Å². The van der Waals surface area contributed by atoms with Crippen molar-refractivity contribution in [2.75, 3.05) is 5.32 Å². The molecule has 26 heavy (non-hydrogen) atoms. The Morgan fingerprint density at radius 3 is 2.54 bits per heavy atom. The number of esters is 1. The normalized spacial score (nSPS) is 21.5. The van der Waals surface area contributed by atoms with Gasteiger partial charge in [0.2, 0.25) is 5.91 Å². The van der Waals surface area contributed by atoms with E-state index in [2.05, 4.69) is 5.32 Å². The molecule has 2 atom stereocenters. The predicted molar refractivity (Wildman–Crippen MR) is 98.5 cm³/mol. The van der Waals surface area contributed by atoms with Crippen LogP contribution in [0.4, 0.5) is 5.00 Å². The molecule has 6 nitrogen and oxygen atoms in total. The number of anilines is 1. The third-order valence-corrected chi connectivity index (χ3v) is 6.00. The van der Waals surface area contributed by atoms with Crippen LogP contribution in [-0.2, 0) is 27.2 Å². The lowest BCUT2D eigenvalue weighted by atomic mass is 9.82. The summed E-state index contributed by atoms with van der Waals surface area (Å²) >= 11 is 1.41. The summed E-state index contributed by atoms with van der Waals surface area (Å²) in [4.78, 5) is 37.9. The molecule has 1 amide bonds. The van der Waals surface area contributed by atoms with Crippen molar-refractivity contribution in [1.82, 2.24) is 0 Å². The lowest BCUT2D eigenvalue weighted by Gasteiger charge is -2.24. The number of hydrogen-bond acceptors (Lipinski definition) is 5. The van der Waals surface area contributed by atoms with Gasteiger partial charge in [-0.25, -0.2) is 4.79 Å². The first-order valence-electron chi connectivity index (χ1n) is 8.92. The van der Waals surface area contributed by atoms with Gasteiger partial charge >= 0.3 is 11.9 Å². The van der Waals surface area contributed by atoms with E-state index in [1.807, 2.05) is 6.08 Å². The van der Waals surface area contributed by atoms with E-state index in [1.165, 1.54) is 11.3 Å². The molecule has 2 aliphatic rings. The highest BCUT2D eigenvalue weighted by Crippen LogP contribution is 2.40. The number of thiophene rings is 1. The highest BCUT2D eigenvalue weighted by Gasteiger charge is 2.36. The number of carbonyl (C=O) groups is 3. The number of carboxylic acid groups (broad SMARTS) is 1. The summed E-state index contributed by atoms with van der Waals surface area (Å²) in [6.45, 7) is 3.57. The van der Waals surface area contributed by atoms with Gasteiger partial charge in [0.15, 0.2) is 0 Å². The van der Waals surface area contributed by atoms with E-state index in [-0.39, 0.29) is 12.0 Å². The van der Waals surface area contributed by atoms with Crippen LogP contribution in [0.15, 0.2) is 12.2 Å². The van der Waals surface area contributed by atoms with Crippen molar-refractivity contribution in [3.63, 3.8) is 0 Å². The Labute approximate surface area is 156 Å². The van der Waals surface area contributed by atoms with E-state index in [4.69, 9.17) is 4.74 Å². The summed E-state index contributed by atoms with van der Waals surface area (Å²) in [6, 6.07) is 0. The van der Waals surface area contributed by atoms with Crippen molar-refractivity contribution in [1.29, 1.82) is 0 Å². The second kappa shape index (κ2) is 7.61. The molecule has 0 unspecified atom stereocenters. The van der Waals surface area contributed by atoms with Gasteiger partial charge in [-0.1, -0.05) is 12.2 Å². The summed E-state index contributed by atoms with van der Waals surface area (Å²) in [5.74, 6) is -3.11. The maximum absolute atomic E-state index is 12.8. The summed E-state index contributed by atoms with van der Waals surface area (Å²) in [5, 5.41) is 12.7. The molecular weight excluding hydrogens is 354 g/mol. The number of fused-ring (bicyclic) bond motifs is 1. The van der Waals surface area contributed by atoms with Crippen molar-refractivity contribution in [3.05, 3.63) is 28.2 Å². The minimum atomic E-state index is -0.970. The molecule has 0 radical (unpaired) electrons. The van der Waals surface area contributed by atoms with Gasteiger partial charge in [-0.2, -0.15) is 0 Å². The zero-order chi connectivity index (χ0) is 18.8. The zero-order valence-corrected chi connectivity index (χ0v) is 15.7. The smallest absolute Gasteiger partial charge is 0.341 e. The third kappa shape index (κ3) is 3.67. The van der Waals surface area contributed by atoms with Gasteiger partial charge in [0.1, 0.15) is 5.00 Å². The molecule has 0 fully saturated rings. The maximum Gasteiger partial charge on any atom is 0.341 e. The third-order valence-electron chi connectivity index (χ3n) is 4.79. The summed E-state index contributed by atoms with van der Waals surface area (Å²) in [6.07, 6.45) is 6.81. The number of aliphatic carboxylic acids is 1. The van der Waals surface area contributed by atoms with Crippen molar-refractivity contribution >= 4 is 34.2 Å². The molecule has 1 aromatic heterocycles. The Kier molecular flexibility index (Phi) is 5.46. The van der Waals surface area contributed by atoms with Gasteiger partial charge < -0.3 is 15.2 Å². The minimum Gasteiger partial charge on any atom is -0.481 e. The van der Waals surface area contributed by atoms with Crippen molar-refractivity contribution in [3.8, 4) is 0 Å². The van der Waals surface area contributed by atoms with Crippen LogP contribution in [0.5, 0.6) is 0 Å². The number of ether oxygens (including phenoxy) is 1. The van der Waals surface area contributed by atoms with Crippen LogP contribution in [0, 0.1) is 11.8 Å². The first-order valence-corrected chi connectivity index (χ1v) is 9.74. The van der Waals surface area contributed by atoms with Gasteiger partial charge in [-0.15, -0.1) is 11.3 Å². The highest BCUT2D eigenvalue weighted by atomic mass is 32.1. The van der Waals surface area contributed by atoms with Crippen molar-refractivity contribution in [2.24, 2.45) is 11.8 Å². The van der Waals surface area contributed by atoms with E-state index >= 15 is 0 Å². The van der Waals surface area contributed by atoms with E-state index in [9.17, 15) is 19.5 Å². The Balaban J connectivity index is 1.85. The minimum absolute atomic E-state index is 0.247. The Bertz CT molecular complexity index is 764. The average molecular weight is 377 g/mol. The number of carbonyl (C=O) groups excluding carboxylic acids is 2. The maximum atomic E-state index is 12.8. The number of nitrogens with one attached hydrogen (secondary N) is 1. The lowest BCUT2D eigenvalue weighted by molar-refractivity contribution is -0.146. The van der Waals surface area contributed by atoms with Gasteiger partial charge in [-0.05, 0) is 51.5 Å². The van der Waals surface area contributed by atoms with Crippen molar-refractivity contribution in [2.45, 2.75) is 52.1 Å². The van der Waals surface area contributed by atoms with Crippen LogP contribution in [0.1, 0.15) is 53.9 Å². The highest BCUT2D eigenvalue weighted by molar-refractivity contribution is 7.17. The molecule has 7 heteroatoms. The van der Waals surface area contributed by atoms with E-state index in [1.54, 1.807) is 19.9 Å². The van der Waals surface area contributed by atoms with Gasteiger partial charge in [0, 0.05) is 4.88 Å². The molecule has 0 saturated carbocycles. The zero-order valence-electron chi connectivity index (χ0n) is 14.9. The number of carboxylic acids is 1. The van der Waals surface area contributed by atoms with E-state index in [0.717, 1.165) is 29.7 Å². The summed E-state index contributed by atoms with van der Waals surface area (Å²) in [5.41, 5.74) is 1.41. The molecule has 0 aliphatic heterocycles. The molecule has 0 spiro atoms. The summed E-state index contributed by atoms with van der Waals surface area (Å²) < 4.78 is 5.36. The SMILES string of the molecule is CC(C)OC(=O)c1c(NC(=O)[C@@H]2CC=CC[C@@H]2C(=O)O)sc2c1CCC2. The van der Waals surface area contributed by atoms with Crippen LogP contribution in [0.25, 0.3) is 0 Å².